The van der Waals surface area contributed by atoms with Gasteiger partial charge in [-0.3, -0.25) is 0 Å². The molecule has 0 unspecified atom stereocenters. The zero-order chi connectivity index (χ0) is 13.2. The van der Waals surface area contributed by atoms with Crippen LogP contribution in [0.2, 0.25) is 0 Å². The van der Waals surface area contributed by atoms with Gasteiger partial charge in [0.15, 0.2) is 0 Å². The molecule has 0 bridgehead atoms. The number of anilines is 1. The largest absolute Gasteiger partial charge is 0.367 e. The Balaban J connectivity index is 1.72. The molecular formula is C14H14FN3S. The van der Waals surface area contributed by atoms with Gasteiger partial charge in [0, 0.05) is 18.5 Å². The van der Waals surface area contributed by atoms with Crippen molar-refractivity contribution in [3.63, 3.8) is 0 Å². The molecule has 0 amide bonds. The molecule has 1 saturated carbocycles. The number of rotatable bonds is 4. The Hall–Kier alpha value is -1.75. The van der Waals surface area contributed by atoms with Crippen molar-refractivity contribution >= 4 is 18.0 Å². The van der Waals surface area contributed by atoms with Crippen molar-refractivity contribution in [1.82, 2.24) is 9.97 Å². The van der Waals surface area contributed by atoms with E-state index in [0.717, 1.165) is 17.2 Å². The van der Waals surface area contributed by atoms with E-state index >= 15 is 0 Å². The Bertz CT molecular complexity index is 632. The smallest absolute Gasteiger partial charge is 0.131 e. The van der Waals surface area contributed by atoms with Gasteiger partial charge in [0.05, 0.1) is 0 Å². The highest BCUT2D eigenvalue weighted by molar-refractivity contribution is 7.71. The summed E-state index contributed by atoms with van der Waals surface area (Å²) in [7, 11) is 0. The van der Waals surface area contributed by atoms with Crippen LogP contribution in [0.3, 0.4) is 0 Å². The summed E-state index contributed by atoms with van der Waals surface area (Å²) in [4.78, 5) is 7.60. The summed E-state index contributed by atoms with van der Waals surface area (Å²) < 4.78 is 13.4. The van der Waals surface area contributed by atoms with E-state index in [9.17, 15) is 4.39 Å². The van der Waals surface area contributed by atoms with Gasteiger partial charge in [0.1, 0.15) is 22.1 Å². The van der Waals surface area contributed by atoms with Gasteiger partial charge in [0.25, 0.3) is 0 Å². The number of hydrogen-bond donors (Lipinski definition) is 2. The maximum Gasteiger partial charge on any atom is 0.131 e. The number of halogens is 1. The summed E-state index contributed by atoms with van der Waals surface area (Å²) in [6.45, 7) is 0.625. The second-order valence-electron chi connectivity index (χ2n) is 4.77. The summed E-state index contributed by atoms with van der Waals surface area (Å²) in [5.41, 5.74) is 1.02. The molecule has 1 aromatic carbocycles. The Morgan fingerprint density at radius 3 is 2.74 bits per heavy atom. The van der Waals surface area contributed by atoms with Crippen molar-refractivity contribution in [3.8, 4) is 0 Å². The Kier molecular flexibility index (Phi) is 3.29. The highest BCUT2D eigenvalue weighted by Crippen LogP contribution is 2.38. The van der Waals surface area contributed by atoms with Gasteiger partial charge in [-0.15, -0.1) is 0 Å². The average molecular weight is 275 g/mol. The molecular weight excluding hydrogens is 261 g/mol. The summed E-state index contributed by atoms with van der Waals surface area (Å²) in [5, 5.41) is 3.26. The lowest BCUT2D eigenvalue weighted by atomic mass is 10.2. The quantitative estimate of drug-likeness (QED) is 0.835. The highest BCUT2D eigenvalue weighted by Gasteiger charge is 2.25. The molecule has 1 fully saturated rings. The van der Waals surface area contributed by atoms with Crippen LogP contribution >= 0.6 is 12.2 Å². The summed E-state index contributed by atoms with van der Waals surface area (Å²) in [6, 6.07) is 8.26. The Morgan fingerprint density at radius 1 is 1.32 bits per heavy atom. The fraction of sp³-hybridized carbons (Fsp3) is 0.286. The molecule has 1 heterocycles. The molecule has 0 aliphatic heterocycles. The molecule has 1 aromatic heterocycles. The van der Waals surface area contributed by atoms with E-state index in [-0.39, 0.29) is 5.82 Å². The van der Waals surface area contributed by atoms with E-state index in [1.807, 2.05) is 6.07 Å². The highest BCUT2D eigenvalue weighted by atomic mass is 32.1. The maximum absolute atomic E-state index is 12.8. The molecule has 19 heavy (non-hydrogen) atoms. The summed E-state index contributed by atoms with van der Waals surface area (Å²) in [6.07, 6.45) is 2.36. The predicted molar refractivity (Wildman–Crippen MR) is 75.1 cm³/mol. The van der Waals surface area contributed by atoms with E-state index in [4.69, 9.17) is 12.2 Å². The maximum atomic E-state index is 12.8. The molecule has 98 valence electrons. The van der Waals surface area contributed by atoms with Crippen molar-refractivity contribution in [2.45, 2.75) is 25.3 Å². The fourth-order valence-electron chi connectivity index (χ4n) is 1.92. The van der Waals surface area contributed by atoms with Crippen LogP contribution in [-0.2, 0) is 6.54 Å². The third-order valence-electron chi connectivity index (χ3n) is 3.12. The van der Waals surface area contributed by atoms with Crippen molar-refractivity contribution < 1.29 is 4.39 Å². The normalized spacial score (nSPS) is 14.4. The minimum absolute atomic E-state index is 0.219. The van der Waals surface area contributed by atoms with Gasteiger partial charge in [-0.1, -0.05) is 24.4 Å². The van der Waals surface area contributed by atoms with Gasteiger partial charge >= 0.3 is 0 Å². The van der Waals surface area contributed by atoms with Crippen LogP contribution in [0.4, 0.5) is 10.2 Å². The standard InChI is InChI=1S/C14H14FN3S/c15-11-5-1-9(2-6-11)8-16-12-7-13(19)18-14(17-12)10-3-4-10/h1-2,5-7,10H,3-4,8H2,(H2,16,17,18,19). The molecule has 2 N–H and O–H groups in total. The SMILES string of the molecule is Fc1ccc(CNc2cc(=S)nc(C3CC3)[nH]2)cc1. The average Bonchev–Trinajstić information content (AvgIpc) is 3.22. The number of hydrogen-bond acceptors (Lipinski definition) is 3. The molecule has 1 aliphatic rings. The van der Waals surface area contributed by atoms with Gasteiger partial charge in [-0.25, -0.2) is 9.37 Å². The molecule has 1 aliphatic carbocycles. The molecule has 5 heteroatoms. The Labute approximate surface area is 115 Å². The number of benzene rings is 1. The molecule has 3 nitrogen and oxygen atoms in total. The third-order valence-corrected chi connectivity index (χ3v) is 3.33. The number of aromatic nitrogens is 2. The van der Waals surface area contributed by atoms with Crippen molar-refractivity contribution in [3.05, 3.63) is 52.2 Å². The number of aromatic amines is 1. The topological polar surface area (TPSA) is 40.7 Å². The first-order valence-electron chi connectivity index (χ1n) is 6.30. The van der Waals surface area contributed by atoms with Crippen molar-refractivity contribution in [2.75, 3.05) is 5.32 Å². The fourth-order valence-corrected chi connectivity index (χ4v) is 2.14. The minimum Gasteiger partial charge on any atom is -0.367 e. The van der Waals surface area contributed by atoms with Crippen LogP contribution in [-0.4, -0.2) is 9.97 Å². The van der Waals surface area contributed by atoms with E-state index in [1.165, 1.54) is 25.0 Å². The third kappa shape index (κ3) is 3.17. The molecule has 0 radical (unpaired) electrons. The number of nitrogens with zero attached hydrogens (tertiary/aromatic N) is 1. The number of nitrogens with one attached hydrogen (secondary N) is 2. The first-order chi connectivity index (χ1) is 9.20. The van der Waals surface area contributed by atoms with Gasteiger partial charge in [-0.2, -0.15) is 0 Å². The lowest BCUT2D eigenvalue weighted by molar-refractivity contribution is 0.627. The van der Waals surface area contributed by atoms with Gasteiger partial charge in [0.2, 0.25) is 0 Å². The Morgan fingerprint density at radius 2 is 2.05 bits per heavy atom. The van der Waals surface area contributed by atoms with Crippen LogP contribution in [0, 0.1) is 10.5 Å². The predicted octanol–water partition coefficient (Wildman–Crippen LogP) is 3.77. The van der Waals surface area contributed by atoms with E-state index in [2.05, 4.69) is 15.3 Å². The first kappa shape index (κ1) is 12.3. The minimum atomic E-state index is -0.219. The van der Waals surface area contributed by atoms with Crippen LogP contribution < -0.4 is 5.32 Å². The van der Waals surface area contributed by atoms with E-state index < -0.39 is 0 Å². The van der Waals surface area contributed by atoms with Crippen LogP contribution in [0.5, 0.6) is 0 Å². The van der Waals surface area contributed by atoms with Crippen molar-refractivity contribution in [2.24, 2.45) is 0 Å². The molecule has 0 spiro atoms. The van der Waals surface area contributed by atoms with Gasteiger partial charge in [-0.05, 0) is 30.5 Å². The van der Waals surface area contributed by atoms with Crippen LogP contribution in [0.25, 0.3) is 0 Å². The van der Waals surface area contributed by atoms with Gasteiger partial charge < -0.3 is 10.3 Å². The van der Waals surface area contributed by atoms with Crippen LogP contribution in [0.1, 0.15) is 30.1 Å². The second kappa shape index (κ2) is 5.09. The van der Waals surface area contributed by atoms with Crippen molar-refractivity contribution in [1.29, 1.82) is 0 Å². The molecule has 0 atom stereocenters. The number of H-pyrrole nitrogens is 1. The zero-order valence-electron chi connectivity index (χ0n) is 10.3. The second-order valence-corrected chi connectivity index (χ2v) is 5.19. The molecule has 3 rings (SSSR count). The monoisotopic (exact) mass is 275 g/mol. The zero-order valence-corrected chi connectivity index (χ0v) is 11.1. The first-order valence-corrected chi connectivity index (χ1v) is 6.71. The van der Waals surface area contributed by atoms with E-state index in [1.54, 1.807) is 12.1 Å². The lowest BCUT2D eigenvalue weighted by Gasteiger charge is -2.08. The summed E-state index contributed by atoms with van der Waals surface area (Å²) in [5.74, 6) is 2.15. The lowest BCUT2D eigenvalue weighted by Crippen LogP contribution is -2.04. The summed E-state index contributed by atoms with van der Waals surface area (Å²) >= 11 is 5.16. The van der Waals surface area contributed by atoms with E-state index in [0.29, 0.717) is 17.1 Å². The van der Waals surface area contributed by atoms with Crippen LogP contribution in [0.15, 0.2) is 30.3 Å². The molecule has 2 aromatic rings. The molecule has 0 saturated heterocycles.